The summed E-state index contributed by atoms with van der Waals surface area (Å²) >= 11 is 0. The lowest BCUT2D eigenvalue weighted by Crippen LogP contribution is -2.48. The number of benzene rings is 2. The Bertz CT molecular complexity index is 791. The molecule has 0 atom stereocenters. The van der Waals surface area contributed by atoms with E-state index in [9.17, 15) is 10.1 Å². The molecule has 150 valence electrons. The molecular weight excluding hydrogens is 356 g/mol. The molecule has 0 N–H and O–H groups in total. The predicted molar refractivity (Wildman–Crippen MR) is 109 cm³/mol. The standard InChI is InChI=1S/C22H28N2O4/c1-22(2,3)23-13-11-21(12-14-23)28-20-9-7-19(8-10-20)27-16-17-5-4-6-18(15-17)24(25)26/h4-10,15,21H,11-14,16H2,1-3H3. The molecule has 0 spiro atoms. The van der Waals surface area contributed by atoms with E-state index in [1.807, 2.05) is 30.3 Å². The average Bonchev–Trinajstić information content (AvgIpc) is 2.67. The van der Waals surface area contributed by atoms with E-state index < -0.39 is 4.92 Å². The fourth-order valence-electron chi connectivity index (χ4n) is 3.38. The van der Waals surface area contributed by atoms with Crippen LogP contribution in [0.25, 0.3) is 0 Å². The quantitative estimate of drug-likeness (QED) is 0.528. The topological polar surface area (TPSA) is 64.8 Å². The number of hydrogen-bond donors (Lipinski definition) is 0. The summed E-state index contributed by atoms with van der Waals surface area (Å²) in [7, 11) is 0. The number of rotatable bonds is 6. The molecule has 0 saturated carbocycles. The second-order valence-corrected chi connectivity index (χ2v) is 8.16. The Kier molecular flexibility index (Phi) is 6.19. The van der Waals surface area contributed by atoms with Gasteiger partial charge in [-0.15, -0.1) is 0 Å². The van der Waals surface area contributed by atoms with Crippen molar-refractivity contribution < 1.29 is 14.4 Å². The highest BCUT2D eigenvalue weighted by Gasteiger charge is 2.27. The lowest BCUT2D eigenvalue weighted by molar-refractivity contribution is -0.384. The second kappa shape index (κ2) is 8.61. The summed E-state index contributed by atoms with van der Waals surface area (Å²) in [6.07, 6.45) is 2.31. The van der Waals surface area contributed by atoms with E-state index in [0.717, 1.165) is 37.2 Å². The first-order chi connectivity index (χ1) is 13.3. The van der Waals surface area contributed by atoms with Gasteiger partial charge in [0.05, 0.1) is 4.92 Å². The van der Waals surface area contributed by atoms with Crippen LogP contribution in [0.2, 0.25) is 0 Å². The summed E-state index contributed by atoms with van der Waals surface area (Å²) in [5.41, 5.74) is 1.05. The fraction of sp³-hybridized carbons (Fsp3) is 0.455. The van der Waals surface area contributed by atoms with Gasteiger partial charge in [0.15, 0.2) is 0 Å². The first kappa shape index (κ1) is 20.1. The molecule has 1 heterocycles. The van der Waals surface area contributed by atoms with Crippen molar-refractivity contribution in [1.82, 2.24) is 4.90 Å². The van der Waals surface area contributed by atoms with Crippen LogP contribution in [0, 0.1) is 10.1 Å². The smallest absolute Gasteiger partial charge is 0.269 e. The van der Waals surface area contributed by atoms with E-state index in [2.05, 4.69) is 25.7 Å². The molecule has 1 fully saturated rings. The van der Waals surface area contributed by atoms with E-state index in [1.54, 1.807) is 6.07 Å². The van der Waals surface area contributed by atoms with Gasteiger partial charge in [-0.2, -0.15) is 0 Å². The molecule has 0 aromatic heterocycles. The number of non-ortho nitro benzene ring substituents is 1. The van der Waals surface area contributed by atoms with Crippen LogP contribution in [0.3, 0.4) is 0 Å². The number of nitrogens with zero attached hydrogens (tertiary/aromatic N) is 2. The van der Waals surface area contributed by atoms with Crippen molar-refractivity contribution in [2.45, 2.75) is 51.9 Å². The molecule has 0 radical (unpaired) electrons. The molecule has 0 aliphatic carbocycles. The van der Waals surface area contributed by atoms with Gasteiger partial charge in [-0.3, -0.25) is 15.0 Å². The number of nitro benzene ring substituents is 1. The first-order valence-electron chi connectivity index (χ1n) is 9.69. The van der Waals surface area contributed by atoms with E-state index >= 15 is 0 Å². The molecule has 6 nitrogen and oxygen atoms in total. The number of likely N-dealkylation sites (tertiary alicyclic amines) is 1. The van der Waals surface area contributed by atoms with Crippen LogP contribution in [0.1, 0.15) is 39.2 Å². The molecule has 2 aromatic carbocycles. The third-order valence-electron chi connectivity index (χ3n) is 5.04. The van der Waals surface area contributed by atoms with Gasteiger partial charge in [-0.25, -0.2) is 0 Å². The fourth-order valence-corrected chi connectivity index (χ4v) is 3.38. The third-order valence-corrected chi connectivity index (χ3v) is 5.04. The van der Waals surface area contributed by atoms with Crippen LogP contribution in [0.4, 0.5) is 5.69 Å². The van der Waals surface area contributed by atoms with Crippen LogP contribution in [0.15, 0.2) is 48.5 Å². The molecular formula is C22H28N2O4. The van der Waals surface area contributed by atoms with Crippen LogP contribution >= 0.6 is 0 Å². The molecule has 1 aliphatic heterocycles. The largest absolute Gasteiger partial charge is 0.490 e. The lowest BCUT2D eigenvalue weighted by Gasteiger charge is -2.40. The lowest BCUT2D eigenvalue weighted by atomic mass is 9.99. The van der Waals surface area contributed by atoms with Crippen molar-refractivity contribution in [3.05, 3.63) is 64.2 Å². The Morgan fingerprint density at radius 2 is 1.71 bits per heavy atom. The van der Waals surface area contributed by atoms with Crippen molar-refractivity contribution >= 4 is 5.69 Å². The minimum absolute atomic E-state index is 0.0716. The van der Waals surface area contributed by atoms with Crippen molar-refractivity contribution in [2.24, 2.45) is 0 Å². The maximum atomic E-state index is 10.8. The van der Waals surface area contributed by atoms with Crippen LogP contribution < -0.4 is 9.47 Å². The third kappa shape index (κ3) is 5.45. The molecule has 1 aliphatic rings. The van der Waals surface area contributed by atoms with Crippen LogP contribution in [0.5, 0.6) is 11.5 Å². The Balaban J connectivity index is 1.49. The van der Waals surface area contributed by atoms with Gasteiger partial charge >= 0.3 is 0 Å². The van der Waals surface area contributed by atoms with Gasteiger partial charge in [0.25, 0.3) is 5.69 Å². The highest BCUT2D eigenvalue weighted by Crippen LogP contribution is 2.25. The molecule has 0 unspecified atom stereocenters. The highest BCUT2D eigenvalue weighted by atomic mass is 16.6. The van der Waals surface area contributed by atoms with E-state index in [4.69, 9.17) is 9.47 Å². The van der Waals surface area contributed by atoms with Crippen molar-refractivity contribution in [3.8, 4) is 11.5 Å². The Morgan fingerprint density at radius 3 is 2.32 bits per heavy atom. The van der Waals surface area contributed by atoms with E-state index in [0.29, 0.717) is 5.75 Å². The monoisotopic (exact) mass is 384 g/mol. The zero-order chi connectivity index (χ0) is 20.1. The normalized spacial score (nSPS) is 16.0. The summed E-state index contributed by atoms with van der Waals surface area (Å²) in [5.74, 6) is 1.55. The maximum Gasteiger partial charge on any atom is 0.269 e. The van der Waals surface area contributed by atoms with Crippen LogP contribution in [-0.4, -0.2) is 34.6 Å². The zero-order valence-corrected chi connectivity index (χ0v) is 16.8. The number of hydrogen-bond acceptors (Lipinski definition) is 5. The van der Waals surface area contributed by atoms with Crippen molar-refractivity contribution in [3.63, 3.8) is 0 Å². The maximum absolute atomic E-state index is 10.8. The summed E-state index contributed by atoms with van der Waals surface area (Å²) in [6.45, 7) is 9.14. The molecule has 28 heavy (non-hydrogen) atoms. The molecule has 2 aromatic rings. The predicted octanol–water partition coefficient (Wildman–Crippen LogP) is 4.82. The zero-order valence-electron chi connectivity index (χ0n) is 16.8. The highest BCUT2D eigenvalue weighted by molar-refractivity contribution is 5.35. The molecule has 1 saturated heterocycles. The Morgan fingerprint density at radius 1 is 1.07 bits per heavy atom. The molecule has 0 amide bonds. The van der Waals surface area contributed by atoms with Gasteiger partial charge in [0.2, 0.25) is 0 Å². The average molecular weight is 384 g/mol. The van der Waals surface area contributed by atoms with Gasteiger partial charge < -0.3 is 9.47 Å². The SMILES string of the molecule is CC(C)(C)N1CCC(Oc2ccc(OCc3cccc([N+](=O)[O-])c3)cc2)CC1. The Hall–Kier alpha value is -2.60. The minimum Gasteiger partial charge on any atom is -0.490 e. The van der Waals surface area contributed by atoms with Crippen molar-refractivity contribution in [2.75, 3.05) is 13.1 Å². The summed E-state index contributed by atoms with van der Waals surface area (Å²) in [6, 6.07) is 14.1. The van der Waals surface area contributed by atoms with E-state index in [-0.39, 0.29) is 23.9 Å². The van der Waals surface area contributed by atoms with Gasteiger partial charge in [0, 0.05) is 30.8 Å². The molecule has 0 bridgehead atoms. The van der Waals surface area contributed by atoms with Crippen molar-refractivity contribution in [1.29, 1.82) is 0 Å². The van der Waals surface area contributed by atoms with Crippen LogP contribution in [-0.2, 0) is 6.61 Å². The summed E-state index contributed by atoms with van der Waals surface area (Å²) in [4.78, 5) is 12.9. The summed E-state index contributed by atoms with van der Waals surface area (Å²) in [5, 5.41) is 10.8. The summed E-state index contributed by atoms with van der Waals surface area (Å²) < 4.78 is 11.9. The number of nitro groups is 1. The van der Waals surface area contributed by atoms with Gasteiger partial charge in [-0.1, -0.05) is 12.1 Å². The number of piperidine rings is 1. The van der Waals surface area contributed by atoms with Gasteiger partial charge in [0.1, 0.15) is 24.2 Å². The van der Waals surface area contributed by atoms with Gasteiger partial charge in [-0.05, 0) is 63.4 Å². The first-order valence-corrected chi connectivity index (χ1v) is 9.69. The molecule has 3 rings (SSSR count). The van der Waals surface area contributed by atoms with E-state index in [1.165, 1.54) is 12.1 Å². The minimum atomic E-state index is -0.401. The molecule has 6 heteroatoms. The second-order valence-electron chi connectivity index (χ2n) is 8.16. The Labute approximate surface area is 166 Å². The number of ether oxygens (including phenoxy) is 2.